The van der Waals surface area contributed by atoms with Gasteiger partial charge in [0.25, 0.3) is 17.7 Å². The van der Waals surface area contributed by atoms with Crippen LogP contribution in [0.4, 0.5) is 0 Å². The van der Waals surface area contributed by atoms with E-state index >= 15 is 0 Å². The van der Waals surface area contributed by atoms with Crippen LogP contribution in [0.5, 0.6) is 11.5 Å². The van der Waals surface area contributed by atoms with E-state index < -0.39 is 48.3 Å². The van der Waals surface area contributed by atoms with Crippen LogP contribution in [0.2, 0.25) is 0 Å². The van der Waals surface area contributed by atoms with Gasteiger partial charge in [-0.2, -0.15) is 0 Å². The van der Waals surface area contributed by atoms with Crippen LogP contribution in [0.3, 0.4) is 0 Å². The van der Waals surface area contributed by atoms with Crippen LogP contribution >= 0.6 is 0 Å². The van der Waals surface area contributed by atoms with Crippen LogP contribution in [0.25, 0.3) is 67.6 Å². The Hall–Kier alpha value is -8.88. The first kappa shape index (κ1) is 76.9. The summed E-state index contributed by atoms with van der Waals surface area (Å²) in [6.07, 6.45) is 25.7. The van der Waals surface area contributed by atoms with E-state index in [9.17, 15) is 41.1 Å². The van der Waals surface area contributed by atoms with Crippen LogP contribution in [0.1, 0.15) is 257 Å². The molecule has 2 saturated heterocycles. The molecule has 0 bridgehead atoms. The second kappa shape index (κ2) is 31.8. The molecule has 0 unspecified atom stereocenters. The van der Waals surface area contributed by atoms with Gasteiger partial charge in [0.15, 0.2) is 11.4 Å². The fourth-order valence-electron chi connectivity index (χ4n) is 17.3. The van der Waals surface area contributed by atoms with Crippen molar-refractivity contribution in [2.75, 3.05) is 40.4 Å². The Morgan fingerprint density at radius 2 is 0.936 bits per heavy atom. The number of carboxylic acid groups (broad SMARTS) is 1. The Bertz CT molecular complexity index is 5100. The number of imidazole rings is 2. The van der Waals surface area contributed by atoms with Gasteiger partial charge in [-0.3, -0.25) is 14.4 Å². The molecule has 8 aliphatic rings. The summed E-state index contributed by atoms with van der Waals surface area (Å²) in [6.45, 7) is 18.1. The lowest BCUT2D eigenvalue weighted by Gasteiger charge is -2.35. The Morgan fingerprint density at radius 1 is 0.523 bits per heavy atom. The summed E-state index contributed by atoms with van der Waals surface area (Å²) in [5.74, 6) is -0.473. The van der Waals surface area contributed by atoms with E-state index in [4.69, 9.17) is 23.9 Å². The minimum absolute atomic E-state index is 0.0129. The third-order valence-corrected chi connectivity index (χ3v) is 26.8. The van der Waals surface area contributed by atoms with Crippen molar-refractivity contribution in [3.05, 3.63) is 142 Å². The number of methoxy groups -OCH3 is 2. The number of nitrogens with one attached hydrogen (secondary N) is 3. The van der Waals surface area contributed by atoms with Gasteiger partial charge in [-0.25, -0.2) is 41.0 Å². The number of sulfonamides is 2. The summed E-state index contributed by atoms with van der Waals surface area (Å²) >= 11 is 0. The van der Waals surface area contributed by atoms with Crippen LogP contribution in [-0.2, 0) is 42.6 Å². The van der Waals surface area contributed by atoms with E-state index in [1.54, 1.807) is 52.6 Å². The number of hydrogen-bond donors (Lipinski definition) is 4. The summed E-state index contributed by atoms with van der Waals surface area (Å²) in [7, 11) is -4.37. The molecule has 4 saturated carbocycles. The summed E-state index contributed by atoms with van der Waals surface area (Å²) in [5.41, 5.74) is 14.3. The van der Waals surface area contributed by atoms with E-state index in [-0.39, 0.29) is 47.0 Å². The van der Waals surface area contributed by atoms with Gasteiger partial charge in [0.1, 0.15) is 11.5 Å². The zero-order valence-corrected chi connectivity index (χ0v) is 66.0. The van der Waals surface area contributed by atoms with Gasteiger partial charge in [-0.15, -0.1) is 0 Å². The van der Waals surface area contributed by atoms with Crippen molar-refractivity contribution in [3.63, 3.8) is 0 Å². The highest BCUT2D eigenvalue weighted by molar-refractivity contribution is 7.90. The average molecular weight is 1530 g/mol. The zero-order chi connectivity index (χ0) is 76.9. The van der Waals surface area contributed by atoms with Crippen molar-refractivity contribution in [2.24, 2.45) is 0 Å². The summed E-state index contributed by atoms with van der Waals surface area (Å²) in [4.78, 5) is 65.1. The van der Waals surface area contributed by atoms with E-state index in [1.807, 2.05) is 66.0 Å². The molecule has 3 amide bonds. The van der Waals surface area contributed by atoms with Crippen molar-refractivity contribution in [1.82, 2.24) is 47.9 Å². The smallest absolute Gasteiger partial charge is 0.356 e. The number of hydrogen-bond acceptors (Lipinski definition) is 15. The van der Waals surface area contributed by atoms with Gasteiger partial charge in [0.05, 0.1) is 97.7 Å². The normalized spacial score (nSPS) is 20.6. The second-order valence-electron chi connectivity index (χ2n) is 31.7. The van der Waals surface area contributed by atoms with Crippen LogP contribution in [0, 0.1) is 0 Å². The number of carbonyl (C=O) groups excluding carboxylic acids is 3. The second-order valence-corrected chi connectivity index (χ2v) is 36.2. The molecule has 4 aromatic heterocycles. The highest BCUT2D eigenvalue weighted by Crippen LogP contribution is 2.51. The first-order valence-electron chi connectivity index (χ1n) is 39.2. The first-order chi connectivity index (χ1) is 52.3. The van der Waals surface area contributed by atoms with Crippen molar-refractivity contribution in [3.8, 4) is 34.0 Å². The van der Waals surface area contributed by atoms with Crippen LogP contribution < -0.4 is 24.2 Å². The number of fused-ring (bicyclic) bond motifs is 10. The number of nitrogens with zero attached hydrogens (tertiary/aromatic N) is 7. The molecule has 580 valence electrons. The van der Waals surface area contributed by atoms with Gasteiger partial charge < -0.3 is 52.5 Å². The Labute approximate surface area is 639 Å². The van der Waals surface area contributed by atoms with E-state index in [0.717, 1.165) is 181 Å². The number of aromatic nitrogens is 6. The van der Waals surface area contributed by atoms with Crippen molar-refractivity contribution in [2.45, 2.75) is 230 Å². The molecular weight excluding hydrogens is 1420 g/mol. The molecule has 4 aromatic carbocycles. The largest absolute Gasteiger partial charge is 0.497 e. The third-order valence-electron chi connectivity index (χ3n) is 23.4. The van der Waals surface area contributed by atoms with E-state index in [2.05, 4.69) is 77.6 Å². The maximum Gasteiger partial charge on any atom is 0.356 e. The number of allylic oxidation sites excluding steroid dienone is 2. The lowest BCUT2D eigenvalue weighted by Crippen LogP contribution is -2.48. The fraction of sp³-hybridized carbons (Fsp3) is 0.500. The fourth-order valence-corrected chi connectivity index (χ4v) is 18.5. The number of aromatic carboxylic acids is 1. The average Bonchev–Trinajstić information content (AvgIpc) is 1.57. The monoisotopic (exact) mass is 1520 g/mol. The molecule has 4 aliphatic carbocycles. The molecule has 8 heterocycles. The Morgan fingerprint density at radius 3 is 1.31 bits per heavy atom. The Balaban J connectivity index is 0.000000166. The molecule has 16 rings (SSSR count). The highest BCUT2D eigenvalue weighted by atomic mass is 32.2. The number of carboxylic acids is 1. The molecule has 0 spiro atoms. The quantitative estimate of drug-likeness (QED) is 0.0699. The number of morpholine rings is 2. The standard InChI is InChI=1S/C42H51N5O6S.C36H40N4O6S.C6H13NO/c1-25(2)54(50,51)44-41(48)29-14-16-35-36(20-29)46-23-31(18-30-19-33(52-5)15-17-34(30)40(46)37(35)28-10-7-6-8-11-28)39-38(43-24-47(39)32-12-9-13-32)42(49)45-21-26(3)53-27(4)22-45;1-21(2)47(44,45)38-35(41)23-12-14-29-30(18-23)39-19-25(33-32(36(42)43)37-20-40(33)26-10-7-11-26)16-24-17-27(46-3)13-15-28(24)34(39)31(29)22-8-5-4-6-9-22;1-5-3-7-4-6(2)8-5/h14-20,24-28,32H,6-13,21-23H2,1-5H3,(H,44,48);12-18,20-22,26H,4-11,19H2,1-3H3,(H,38,41)(H,42,43);5-7H,3-4H2,1-2H3/t26-,27+;;5-,6+. The third kappa shape index (κ3) is 15.6. The first-order valence-corrected chi connectivity index (χ1v) is 42.3. The van der Waals surface area contributed by atoms with Crippen molar-refractivity contribution < 1.29 is 60.1 Å². The molecule has 25 heteroatoms. The zero-order valence-electron chi connectivity index (χ0n) is 64.4. The van der Waals surface area contributed by atoms with Gasteiger partial charge in [0, 0.05) is 82.3 Å². The molecule has 4 N–H and O–H groups in total. The Kier molecular flexibility index (Phi) is 22.5. The number of rotatable bonds is 16. The molecule has 8 aromatic rings. The van der Waals surface area contributed by atoms with Gasteiger partial charge in [0.2, 0.25) is 20.0 Å². The SMILES string of the molecule is COc1ccc2c(c1)C=C(c1c(C(=O)N3C[C@@H](C)O[C@@H](C)C3)ncn1C1CCC1)Cn1c-2c(C2CCCCC2)c2ccc(C(=O)NS(=O)(=O)C(C)C)cc21.COc1ccc2c(c1)C=C(c1c(C(=O)O)ncn1C1CCC1)Cn1c-2c(C2CCCCC2)c2ccc(C(=O)NS(=O)(=O)C(C)C)cc21.C[C@@H]1CNC[C@H](C)O1. The van der Waals surface area contributed by atoms with Crippen LogP contribution in [0.15, 0.2) is 85.5 Å². The number of carbonyl (C=O) groups is 4. The van der Waals surface area contributed by atoms with E-state index in [1.165, 1.54) is 37.8 Å². The summed E-state index contributed by atoms with van der Waals surface area (Å²) < 4.78 is 86.9. The van der Waals surface area contributed by atoms with Gasteiger partial charge in [-0.05, 0) is 238 Å². The van der Waals surface area contributed by atoms with Crippen molar-refractivity contribution in [1.29, 1.82) is 0 Å². The minimum Gasteiger partial charge on any atom is -0.497 e. The number of amides is 3. The summed E-state index contributed by atoms with van der Waals surface area (Å²) in [6, 6.07) is 23.6. The van der Waals surface area contributed by atoms with Gasteiger partial charge in [-0.1, -0.05) is 50.7 Å². The molecule has 23 nitrogen and oxygen atoms in total. The number of benzene rings is 4. The number of ether oxygens (including phenoxy) is 4. The summed E-state index contributed by atoms with van der Waals surface area (Å²) in [5, 5.41) is 14.1. The lowest BCUT2D eigenvalue weighted by atomic mass is 9.81. The molecule has 6 fully saturated rings. The molecule has 109 heavy (non-hydrogen) atoms. The predicted octanol–water partition coefficient (Wildman–Crippen LogP) is 14.9. The van der Waals surface area contributed by atoms with Gasteiger partial charge >= 0.3 is 5.97 Å². The maximum atomic E-state index is 14.5. The minimum atomic E-state index is -3.84. The predicted molar refractivity (Wildman–Crippen MR) is 424 cm³/mol. The highest BCUT2D eigenvalue weighted by Gasteiger charge is 2.39. The van der Waals surface area contributed by atoms with E-state index in [0.29, 0.717) is 67.4 Å². The maximum absolute atomic E-state index is 14.5. The molecular formula is C84H104N10O13S2. The lowest BCUT2D eigenvalue weighted by molar-refractivity contribution is -0.0587. The molecule has 4 aliphatic heterocycles. The van der Waals surface area contributed by atoms with Crippen molar-refractivity contribution >= 4 is 88.8 Å². The molecule has 4 atom stereocenters. The topological polar surface area (TPSA) is 279 Å². The van der Waals surface area contributed by atoms with Crippen LogP contribution in [-0.4, -0.2) is 154 Å². The molecule has 0 radical (unpaired) electrons.